The van der Waals surface area contributed by atoms with E-state index < -0.39 is 18.2 Å². The predicted molar refractivity (Wildman–Crippen MR) is 264 cm³/mol. The van der Waals surface area contributed by atoms with E-state index in [1.54, 1.807) is 0 Å². The van der Waals surface area contributed by atoms with Gasteiger partial charge in [-0.25, -0.2) is 0 Å². The summed E-state index contributed by atoms with van der Waals surface area (Å²) in [6.07, 6.45) is 58.9. The first kappa shape index (κ1) is 58.8. The number of allylic oxidation sites excluding steroid dienone is 8. The molecule has 1 amide bonds. The lowest BCUT2D eigenvalue weighted by Crippen LogP contribution is -2.46. The summed E-state index contributed by atoms with van der Waals surface area (Å²) in [5.74, 6) is -0.507. The van der Waals surface area contributed by atoms with Gasteiger partial charge in [0.25, 0.3) is 0 Å². The van der Waals surface area contributed by atoms with Gasteiger partial charge in [-0.1, -0.05) is 230 Å². The number of nitrogens with one attached hydrogen (secondary N) is 1. The zero-order valence-corrected chi connectivity index (χ0v) is 40.5. The van der Waals surface area contributed by atoms with Gasteiger partial charge in [0, 0.05) is 6.42 Å². The maximum atomic E-state index is 13.2. The Morgan fingerprint density at radius 1 is 0.475 bits per heavy atom. The van der Waals surface area contributed by atoms with E-state index in [0.717, 1.165) is 83.5 Å². The van der Waals surface area contributed by atoms with Gasteiger partial charge in [0.2, 0.25) is 5.91 Å². The third-order valence-electron chi connectivity index (χ3n) is 11.9. The van der Waals surface area contributed by atoms with Gasteiger partial charge in [-0.15, -0.1) is 0 Å². The first-order valence-corrected chi connectivity index (χ1v) is 26.4. The summed E-state index contributed by atoms with van der Waals surface area (Å²) >= 11 is 0. The number of amides is 1. The van der Waals surface area contributed by atoms with Crippen molar-refractivity contribution in [2.45, 2.75) is 283 Å². The van der Waals surface area contributed by atoms with E-state index >= 15 is 0 Å². The summed E-state index contributed by atoms with van der Waals surface area (Å²) in [6, 6.07) is -0.705. The van der Waals surface area contributed by atoms with Crippen LogP contribution in [0.4, 0.5) is 0 Å². The lowest BCUT2D eigenvalue weighted by Gasteiger charge is -2.24. The first-order chi connectivity index (χ1) is 30.0. The molecule has 3 N–H and O–H groups in total. The average molecular weight is 856 g/mol. The fraction of sp³-hybridized carbons (Fsp3) is 0.818. The molecular weight excluding hydrogens is 755 g/mol. The fourth-order valence-electron chi connectivity index (χ4n) is 7.88. The number of ether oxygens (including phenoxy) is 1. The van der Waals surface area contributed by atoms with Crippen LogP contribution in [-0.4, -0.2) is 46.9 Å². The highest BCUT2D eigenvalue weighted by molar-refractivity contribution is 5.77. The molecule has 0 aliphatic heterocycles. The number of hydrogen-bond donors (Lipinski definition) is 3. The zero-order valence-electron chi connectivity index (χ0n) is 40.5. The van der Waals surface area contributed by atoms with Gasteiger partial charge < -0.3 is 20.3 Å². The topological polar surface area (TPSA) is 95.9 Å². The van der Waals surface area contributed by atoms with Crippen LogP contribution in [0.2, 0.25) is 0 Å². The largest absolute Gasteiger partial charge is 0.462 e. The maximum absolute atomic E-state index is 13.2. The summed E-state index contributed by atoms with van der Waals surface area (Å²) in [6.45, 7) is 6.44. The Morgan fingerprint density at radius 2 is 0.836 bits per heavy atom. The minimum absolute atomic E-state index is 0.0660. The monoisotopic (exact) mass is 856 g/mol. The Labute approximate surface area is 378 Å². The third-order valence-corrected chi connectivity index (χ3v) is 11.9. The van der Waals surface area contributed by atoms with Gasteiger partial charge in [-0.05, 0) is 70.6 Å². The minimum atomic E-state index is -0.791. The van der Waals surface area contributed by atoms with Crippen LogP contribution in [0.15, 0.2) is 48.6 Å². The highest BCUT2D eigenvalue weighted by Gasteiger charge is 2.24. The van der Waals surface area contributed by atoms with E-state index in [4.69, 9.17) is 4.74 Å². The Morgan fingerprint density at radius 3 is 1.28 bits per heavy atom. The molecule has 0 bridgehead atoms. The molecule has 0 spiro atoms. The van der Waals surface area contributed by atoms with Crippen molar-refractivity contribution in [3.05, 3.63) is 48.6 Å². The van der Waals surface area contributed by atoms with Crippen LogP contribution >= 0.6 is 0 Å². The van der Waals surface area contributed by atoms with Gasteiger partial charge >= 0.3 is 5.97 Å². The lowest BCUT2D eigenvalue weighted by atomic mass is 10.0. The van der Waals surface area contributed by atoms with Crippen molar-refractivity contribution in [3.8, 4) is 0 Å². The standard InChI is InChI=1S/C55H101NO5/c1-4-7-10-13-16-19-21-23-25-26-27-28-30-32-34-36-39-42-45-48-55(60)61-51(46-43-40-37-18-15-12-9-6-3)49-54(59)56-52(50-57)53(58)47-44-41-38-35-33-31-29-24-22-20-17-14-11-8-5-2/h16,19,23,25,27-28,32,34,51-53,57-58H,4-15,17-18,20-22,24,26,29-31,33,35-50H2,1-3H3,(H,56,59)/b19-16-,25-23-,28-27-,34-32-. The molecule has 0 heterocycles. The fourth-order valence-corrected chi connectivity index (χ4v) is 7.88. The van der Waals surface area contributed by atoms with Gasteiger partial charge in [-0.2, -0.15) is 0 Å². The molecule has 0 rings (SSSR count). The average Bonchev–Trinajstić information content (AvgIpc) is 3.25. The van der Waals surface area contributed by atoms with Crippen molar-refractivity contribution in [1.29, 1.82) is 0 Å². The molecule has 61 heavy (non-hydrogen) atoms. The Kier molecular flexibility index (Phi) is 47.1. The van der Waals surface area contributed by atoms with Crippen molar-refractivity contribution < 1.29 is 24.5 Å². The molecule has 0 fully saturated rings. The number of hydrogen-bond acceptors (Lipinski definition) is 5. The quantitative estimate of drug-likeness (QED) is 0.0322. The summed E-state index contributed by atoms with van der Waals surface area (Å²) in [7, 11) is 0. The molecule has 0 aliphatic rings. The number of esters is 1. The second-order valence-electron chi connectivity index (χ2n) is 17.9. The molecule has 6 heteroatoms. The van der Waals surface area contributed by atoms with E-state index in [2.05, 4.69) is 74.7 Å². The molecule has 6 nitrogen and oxygen atoms in total. The minimum Gasteiger partial charge on any atom is -0.462 e. The Bertz CT molecular complexity index is 1050. The van der Waals surface area contributed by atoms with Crippen molar-refractivity contribution in [1.82, 2.24) is 5.32 Å². The van der Waals surface area contributed by atoms with E-state index in [9.17, 15) is 19.8 Å². The molecule has 0 radical (unpaired) electrons. The second kappa shape index (κ2) is 48.8. The highest BCUT2D eigenvalue weighted by Crippen LogP contribution is 2.18. The third kappa shape index (κ3) is 44.2. The SMILES string of the molecule is CCCCC/C=C\C/C=C\C/C=C\C/C=C\CCCCCC(=O)OC(CCCCCCCCCC)CC(=O)NC(CO)C(O)CCCCCCCCCCCCCCCCC. The van der Waals surface area contributed by atoms with Gasteiger partial charge in [0.05, 0.1) is 25.2 Å². The summed E-state index contributed by atoms with van der Waals surface area (Å²) < 4.78 is 5.90. The van der Waals surface area contributed by atoms with Crippen LogP contribution in [0.25, 0.3) is 0 Å². The van der Waals surface area contributed by atoms with Gasteiger partial charge in [0.15, 0.2) is 0 Å². The molecule has 356 valence electrons. The van der Waals surface area contributed by atoms with Crippen LogP contribution in [0.5, 0.6) is 0 Å². The Balaban J connectivity index is 4.44. The second-order valence-corrected chi connectivity index (χ2v) is 17.9. The van der Waals surface area contributed by atoms with Crippen molar-refractivity contribution in [3.63, 3.8) is 0 Å². The summed E-state index contributed by atoms with van der Waals surface area (Å²) in [5.41, 5.74) is 0. The molecule has 0 aromatic carbocycles. The number of aliphatic hydroxyl groups excluding tert-OH is 2. The smallest absolute Gasteiger partial charge is 0.306 e. The number of carbonyl (C=O) groups excluding carboxylic acids is 2. The van der Waals surface area contributed by atoms with Gasteiger partial charge in [-0.3, -0.25) is 9.59 Å². The molecule has 0 saturated carbocycles. The molecule has 0 aromatic rings. The van der Waals surface area contributed by atoms with Crippen LogP contribution in [0.1, 0.15) is 265 Å². The summed E-state index contributed by atoms with van der Waals surface area (Å²) in [5, 5.41) is 23.7. The van der Waals surface area contributed by atoms with Gasteiger partial charge in [0.1, 0.15) is 6.10 Å². The lowest BCUT2D eigenvalue weighted by molar-refractivity contribution is -0.151. The number of aliphatic hydroxyl groups is 2. The molecule has 0 aromatic heterocycles. The van der Waals surface area contributed by atoms with E-state index in [0.29, 0.717) is 19.3 Å². The van der Waals surface area contributed by atoms with E-state index in [-0.39, 0.29) is 24.9 Å². The van der Waals surface area contributed by atoms with E-state index in [1.807, 2.05) is 0 Å². The normalized spacial score (nSPS) is 13.6. The molecular formula is C55H101NO5. The van der Waals surface area contributed by atoms with Crippen molar-refractivity contribution in [2.24, 2.45) is 0 Å². The molecule has 3 atom stereocenters. The van der Waals surface area contributed by atoms with Crippen LogP contribution < -0.4 is 5.32 Å². The number of carbonyl (C=O) groups is 2. The highest BCUT2D eigenvalue weighted by atomic mass is 16.5. The number of unbranched alkanes of at least 4 members (excludes halogenated alkanes) is 27. The number of rotatable bonds is 47. The molecule has 0 saturated heterocycles. The zero-order chi connectivity index (χ0) is 44.5. The predicted octanol–water partition coefficient (Wildman–Crippen LogP) is 15.8. The molecule has 3 unspecified atom stereocenters. The van der Waals surface area contributed by atoms with Crippen LogP contribution in [-0.2, 0) is 14.3 Å². The van der Waals surface area contributed by atoms with Crippen molar-refractivity contribution >= 4 is 11.9 Å². The van der Waals surface area contributed by atoms with Crippen LogP contribution in [0, 0.1) is 0 Å². The first-order valence-electron chi connectivity index (χ1n) is 26.4. The van der Waals surface area contributed by atoms with Crippen molar-refractivity contribution in [2.75, 3.05) is 6.61 Å². The Hall–Kier alpha value is -2.18. The van der Waals surface area contributed by atoms with E-state index in [1.165, 1.54) is 135 Å². The maximum Gasteiger partial charge on any atom is 0.306 e. The van der Waals surface area contributed by atoms with Crippen LogP contribution in [0.3, 0.4) is 0 Å². The summed E-state index contributed by atoms with van der Waals surface area (Å²) in [4.78, 5) is 26.1. The molecule has 0 aliphatic carbocycles.